The van der Waals surface area contributed by atoms with Gasteiger partial charge in [-0.2, -0.15) is 0 Å². The zero-order valence-electron chi connectivity index (χ0n) is 19.8. The molecule has 6 nitrogen and oxygen atoms in total. The minimum Gasteiger partial charge on any atom is -0.493 e. The van der Waals surface area contributed by atoms with Crippen LogP contribution in [0.25, 0.3) is 0 Å². The zero-order chi connectivity index (χ0) is 21.9. The summed E-state index contributed by atoms with van der Waals surface area (Å²) in [4.78, 5) is 6.89. The molecule has 1 saturated heterocycles. The number of benzene rings is 1. The maximum absolute atomic E-state index is 6.15. The minimum atomic E-state index is 0.497. The molecule has 30 heavy (non-hydrogen) atoms. The Labute approximate surface area is 183 Å². The van der Waals surface area contributed by atoms with Gasteiger partial charge in [0, 0.05) is 56.9 Å². The van der Waals surface area contributed by atoms with Gasteiger partial charge in [-0.05, 0) is 59.1 Å². The van der Waals surface area contributed by atoms with E-state index in [-0.39, 0.29) is 0 Å². The first-order valence-corrected chi connectivity index (χ1v) is 11.4. The van der Waals surface area contributed by atoms with Crippen LogP contribution in [0.15, 0.2) is 23.2 Å². The highest BCUT2D eigenvalue weighted by Crippen LogP contribution is 2.22. The fraction of sp³-hybridized carbons (Fsp3) is 0.708. The second kappa shape index (κ2) is 12.8. The number of hydrogen-bond acceptors (Lipinski definition) is 4. The van der Waals surface area contributed by atoms with Gasteiger partial charge in [0.2, 0.25) is 0 Å². The van der Waals surface area contributed by atoms with Crippen molar-refractivity contribution in [3.05, 3.63) is 29.3 Å². The average Bonchev–Trinajstić information content (AvgIpc) is 3.22. The number of aryl methyl sites for hydroxylation is 1. The van der Waals surface area contributed by atoms with Gasteiger partial charge in [-0.3, -0.25) is 9.89 Å². The molecule has 0 radical (unpaired) electrons. The lowest BCUT2D eigenvalue weighted by Crippen LogP contribution is -2.41. The fourth-order valence-corrected chi connectivity index (χ4v) is 3.85. The van der Waals surface area contributed by atoms with E-state index < -0.39 is 0 Å². The summed E-state index contributed by atoms with van der Waals surface area (Å²) in [6, 6.07) is 7.52. The molecular formula is C24H42N4O2. The molecule has 1 atom stereocenters. The van der Waals surface area contributed by atoms with Crippen LogP contribution in [-0.4, -0.2) is 62.9 Å². The summed E-state index contributed by atoms with van der Waals surface area (Å²) >= 11 is 0. The molecule has 1 aliphatic heterocycles. The predicted octanol–water partition coefficient (Wildman–Crippen LogP) is 3.58. The summed E-state index contributed by atoms with van der Waals surface area (Å²) < 4.78 is 11.6. The Morgan fingerprint density at radius 3 is 2.63 bits per heavy atom. The van der Waals surface area contributed by atoms with Crippen molar-refractivity contribution >= 4 is 5.96 Å². The van der Waals surface area contributed by atoms with E-state index in [1.807, 2.05) is 7.05 Å². The summed E-state index contributed by atoms with van der Waals surface area (Å²) in [5.41, 5.74) is 2.35. The molecule has 170 valence electrons. The molecule has 0 aromatic heterocycles. The van der Waals surface area contributed by atoms with Crippen molar-refractivity contribution < 1.29 is 9.47 Å². The van der Waals surface area contributed by atoms with Gasteiger partial charge in [0.1, 0.15) is 5.75 Å². The molecule has 2 rings (SSSR count). The molecule has 1 unspecified atom stereocenters. The van der Waals surface area contributed by atoms with Crippen LogP contribution < -0.4 is 15.4 Å². The molecule has 2 N–H and O–H groups in total. The molecular weight excluding hydrogens is 376 g/mol. The van der Waals surface area contributed by atoms with Gasteiger partial charge in [-0.25, -0.2) is 0 Å². The Balaban J connectivity index is 1.81. The number of nitrogens with zero attached hydrogens (tertiary/aromatic N) is 2. The van der Waals surface area contributed by atoms with Crippen LogP contribution in [0.4, 0.5) is 0 Å². The number of aliphatic imine (C=N–C) groups is 1. The van der Waals surface area contributed by atoms with Gasteiger partial charge in [0.15, 0.2) is 5.96 Å². The van der Waals surface area contributed by atoms with Crippen LogP contribution >= 0.6 is 0 Å². The standard InChI is InChI=1S/C24H42N4O2/c1-18(2)28(19(3)4)12-7-11-26-24(25-6)27-15-22-9-8-20(5)14-23(22)30-17-21-10-13-29-16-21/h8-9,14,18-19,21H,7,10-13,15-17H2,1-6H3,(H2,25,26,27). The van der Waals surface area contributed by atoms with Crippen LogP contribution in [0.1, 0.15) is 51.7 Å². The smallest absolute Gasteiger partial charge is 0.191 e. The van der Waals surface area contributed by atoms with Crippen LogP contribution in [0, 0.1) is 12.8 Å². The average molecular weight is 419 g/mol. The minimum absolute atomic E-state index is 0.497. The van der Waals surface area contributed by atoms with Crippen LogP contribution in [0.5, 0.6) is 5.75 Å². The first-order chi connectivity index (χ1) is 14.4. The van der Waals surface area contributed by atoms with Crippen molar-refractivity contribution in [2.75, 3.05) is 40.0 Å². The molecule has 6 heteroatoms. The second-order valence-corrected chi connectivity index (χ2v) is 8.78. The van der Waals surface area contributed by atoms with E-state index >= 15 is 0 Å². The first kappa shape index (κ1) is 24.5. The van der Waals surface area contributed by atoms with E-state index in [1.165, 1.54) is 5.56 Å². The topological polar surface area (TPSA) is 58.1 Å². The lowest BCUT2D eigenvalue weighted by atomic mass is 10.1. The quantitative estimate of drug-likeness (QED) is 0.327. The van der Waals surface area contributed by atoms with Crippen molar-refractivity contribution in [1.29, 1.82) is 0 Å². The van der Waals surface area contributed by atoms with Gasteiger partial charge in [-0.1, -0.05) is 12.1 Å². The van der Waals surface area contributed by atoms with E-state index in [0.717, 1.165) is 56.4 Å². The largest absolute Gasteiger partial charge is 0.493 e. The predicted molar refractivity (Wildman–Crippen MR) is 125 cm³/mol. The van der Waals surface area contributed by atoms with Gasteiger partial charge >= 0.3 is 0 Å². The maximum atomic E-state index is 6.15. The van der Waals surface area contributed by atoms with Crippen LogP contribution in [-0.2, 0) is 11.3 Å². The van der Waals surface area contributed by atoms with Gasteiger partial charge in [0.05, 0.1) is 13.2 Å². The molecule has 0 saturated carbocycles. The van der Waals surface area contributed by atoms with Crippen molar-refractivity contribution in [2.24, 2.45) is 10.9 Å². The molecule has 1 aromatic rings. The lowest BCUT2D eigenvalue weighted by Gasteiger charge is -2.30. The number of hydrogen-bond donors (Lipinski definition) is 2. The highest BCUT2D eigenvalue weighted by Gasteiger charge is 2.17. The van der Waals surface area contributed by atoms with E-state index in [9.17, 15) is 0 Å². The molecule has 1 aromatic carbocycles. The van der Waals surface area contributed by atoms with E-state index in [1.54, 1.807) is 0 Å². The third-order valence-corrected chi connectivity index (χ3v) is 5.60. The summed E-state index contributed by atoms with van der Waals surface area (Å²) in [7, 11) is 1.82. The van der Waals surface area contributed by atoms with Gasteiger partial charge in [-0.15, -0.1) is 0 Å². The molecule has 1 fully saturated rings. The van der Waals surface area contributed by atoms with Gasteiger partial charge < -0.3 is 20.1 Å². The summed E-state index contributed by atoms with van der Waals surface area (Å²) in [5.74, 6) is 2.28. The zero-order valence-corrected chi connectivity index (χ0v) is 19.8. The van der Waals surface area contributed by atoms with Gasteiger partial charge in [0.25, 0.3) is 0 Å². The molecule has 1 heterocycles. The van der Waals surface area contributed by atoms with E-state index in [2.05, 4.69) is 73.3 Å². The molecule has 1 aliphatic rings. The molecule has 0 spiro atoms. The van der Waals surface area contributed by atoms with Crippen molar-refractivity contribution in [2.45, 2.75) is 66.1 Å². The Bertz CT molecular complexity index is 647. The first-order valence-electron chi connectivity index (χ1n) is 11.4. The number of nitrogens with one attached hydrogen (secondary N) is 2. The fourth-order valence-electron chi connectivity index (χ4n) is 3.85. The van der Waals surface area contributed by atoms with Crippen molar-refractivity contribution in [3.8, 4) is 5.75 Å². The van der Waals surface area contributed by atoms with Crippen LogP contribution in [0.2, 0.25) is 0 Å². The Morgan fingerprint density at radius 2 is 2.00 bits per heavy atom. The molecule has 0 aliphatic carbocycles. The molecule has 0 bridgehead atoms. The summed E-state index contributed by atoms with van der Waals surface area (Å²) in [6.07, 6.45) is 2.17. The third-order valence-electron chi connectivity index (χ3n) is 5.60. The Kier molecular flexibility index (Phi) is 10.4. The lowest BCUT2D eigenvalue weighted by molar-refractivity contribution is 0.166. The highest BCUT2D eigenvalue weighted by molar-refractivity contribution is 5.79. The SMILES string of the molecule is CN=C(NCCCN(C(C)C)C(C)C)NCc1ccc(C)cc1OCC1CCOC1. The summed E-state index contributed by atoms with van der Waals surface area (Å²) in [5, 5.41) is 6.86. The third kappa shape index (κ3) is 8.15. The van der Waals surface area contributed by atoms with E-state index in [0.29, 0.717) is 31.2 Å². The van der Waals surface area contributed by atoms with E-state index in [4.69, 9.17) is 9.47 Å². The number of guanidine groups is 1. The number of ether oxygens (including phenoxy) is 2. The summed E-state index contributed by atoms with van der Waals surface area (Å²) in [6.45, 7) is 16.2. The van der Waals surface area contributed by atoms with Crippen molar-refractivity contribution in [1.82, 2.24) is 15.5 Å². The monoisotopic (exact) mass is 418 g/mol. The number of rotatable bonds is 11. The second-order valence-electron chi connectivity index (χ2n) is 8.78. The maximum Gasteiger partial charge on any atom is 0.191 e. The van der Waals surface area contributed by atoms with Crippen LogP contribution in [0.3, 0.4) is 0 Å². The highest BCUT2D eigenvalue weighted by atomic mass is 16.5. The normalized spacial score (nSPS) is 17.2. The van der Waals surface area contributed by atoms with Crippen molar-refractivity contribution in [3.63, 3.8) is 0 Å². The Morgan fingerprint density at radius 1 is 1.23 bits per heavy atom. The Hall–Kier alpha value is -1.79. The molecule has 0 amide bonds.